The number of nitrogens with two attached hydrogens (primary N) is 1. The van der Waals surface area contributed by atoms with E-state index in [-0.39, 0.29) is 5.91 Å². The molecule has 21 heavy (non-hydrogen) atoms. The van der Waals surface area contributed by atoms with Gasteiger partial charge < -0.3 is 0 Å². The molecule has 0 aliphatic heterocycles. The number of hydrazine groups is 1. The number of nitrogen functional groups attached to an aromatic ring is 1. The molecule has 0 spiro atoms. The average Bonchev–Trinajstić information content (AvgIpc) is 2.95. The summed E-state index contributed by atoms with van der Waals surface area (Å²) in [6.07, 6.45) is 1.52. The minimum Gasteiger partial charge on any atom is -0.290 e. The molecule has 7 heteroatoms. The molecular formula is C14H12N4OS2. The lowest BCUT2D eigenvalue weighted by Crippen LogP contribution is -2.30. The number of para-hydroxylation sites is 1. The highest BCUT2D eigenvalue weighted by Crippen LogP contribution is 2.30. The van der Waals surface area contributed by atoms with Gasteiger partial charge >= 0.3 is 0 Å². The molecule has 1 aromatic carbocycles. The highest BCUT2D eigenvalue weighted by molar-refractivity contribution is 8.00. The summed E-state index contributed by atoms with van der Waals surface area (Å²) in [6.45, 7) is 0. The molecular weight excluding hydrogens is 304 g/mol. The number of hydrogen-bond acceptors (Lipinski definition) is 6. The van der Waals surface area contributed by atoms with Gasteiger partial charge in [0.25, 0.3) is 5.91 Å². The molecule has 0 saturated heterocycles. The molecule has 1 amide bonds. The summed E-state index contributed by atoms with van der Waals surface area (Å²) in [6, 6.07) is 11.6. The first-order chi connectivity index (χ1) is 10.3. The van der Waals surface area contributed by atoms with E-state index in [4.69, 9.17) is 5.84 Å². The summed E-state index contributed by atoms with van der Waals surface area (Å²) in [5.74, 6) is 5.45. The van der Waals surface area contributed by atoms with Gasteiger partial charge in [-0.15, -0.1) is 11.3 Å². The van der Waals surface area contributed by atoms with E-state index in [1.54, 1.807) is 29.2 Å². The molecule has 0 bridgehead atoms. The van der Waals surface area contributed by atoms with Crippen LogP contribution >= 0.6 is 23.1 Å². The molecule has 0 saturated carbocycles. The van der Waals surface area contributed by atoms with Crippen LogP contribution in [0, 0.1) is 0 Å². The number of pyridine rings is 1. The molecule has 3 rings (SSSR count). The summed E-state index contributed by atoms with van der Waals surface area (Å²) >= 11 is 3.31. The average molecular weight is 316 g/mol. The van der Waals surface area contributed by atoms with Gasteiger partial charge in [-0.25, -0.2) is 10.8 Å². The topological polar surface area (TPSA) is 80.9 Å². The molecule has 3 N–H and O–H groups in total. The van der Waals surface area contributed by atoms with E-state index in [2.05, 4.69) is 21.5 Å². The van der Waals surface area contributed by atoms with Crippen molar-refractivity contribution in [3.63, 3.8) is 0 Å². The maximum atomic E-state index is 11.3. The molecule has 0 atom stereocenters. The maximum Gasteiger partial charge on any atom is 0.266 e. The van der Waals surface area contributed by atoms with E-state index >= 15 is 0 Å². The Morgan fingerprint density at radius 1 is 1.29 bits per heavy atom. The molecule has 106 valence electrons. The van der Waals surface area contributed by atoms with Crippen LogP contribution in [0.2, 0.25) is 0 Å². The van der Waals surface area contributed by atoms with Gasteiger partial charge in [-0.1, -0.05) is 23.9 Å². The summed E-state index contributed by atoms with van der Waals surface area (Å²) in [5, 5.41) is 0. The van der Waals surface area contributed by atoms with Gasteiger partial charge in [-0.2, -0.15) is 0 Å². The number of thioether (sulfide) groups is 1. The first kappa shape index (κ1) is 14.0. The first-order valence-corrected chi connectivity index (χ1v) is 8.01. The zero-order valence-electron chi connectivity index (χ0n) is 10.9. The van der Waals surface area contributed by atoms with E-state index < -0.39 is 0 Å². The van der Waals surface area contributed by atoms with Gasteiger partial charge in [-0.3, -0.25) is 15.2 Å². The SMILES string of the molecule is NNC(=O)c1ccc(CSc2nc3ccccc3s2)nc1. The second kappa shape index (κ2) is 6.21. The number of hydrogen-bond donors (Lipinski definition) is 2. The number of carbonyl (C=O) groups is 1. The molecule has 5 nitrogen and oxygen atoms in total. The fourth-order valence-corrected chi connectivity index (χ4v) is 3.76. The van der Waals surface area contributed by atoms with E-state index in [0.29, 0.717) is 11.3 Å². The second-order valence-electron chi connectivity index (χ2n) is 4.25. The highest BCUT2D eigenvalue weighted by atomic mass is 32.2. The maximum absolute atomic E-state index is 11.3. The lowest BCUT2D eigenvalue weighted by Gasteiger charge is -2.01. The number of rotatable bonds is 4. The molecule has 0 radical (unpaired) electrons. The second-order valence-corrected chi connectivity index (χ2v) is 6.50. The predicted molar refractivity (Wildman–Crippen MR) is 85.1 cm³/mol. The molecule has 0 unspecified atom stereocenters. The third-order valence-electron chi connectivity index (χ3n) is 2.84. The minimum absolute atomic E-state index is 0.340. The number of benzene rings is 1. The van der Waals surface area contributed by atoms with Gasteiger partial charge in [0.15, 0.2) is 4.34 Å². The number of thiazole rings is 1. The zero-order chi connectivity index (χ0) is 14.7. The van der Waals surface area contributed by atoms with Crippen molar-refractivity contribution in [2.45, 2.75) is 10.1 Å². The summed E-state index contributed by atoms with van der Waals surface area (Å²) in [4.78, 5) is 20.1. The van der Waals surface area contributed by atoms with Gasteiger partial charge in [-0.05, 0) is 24.3 Å². The highest BCUT2D eigenvalue weighted by Gasteiger charge is 2.06. The Kier molecular flexibility index (Phi) is 4.14. The molecule has 2 heterocycles. The van der Waals surface area contributed by atoms with E-state index in [0.717, 1.165) is 15.6 Å². The standard InChI is InChI=1S/C14H12N4OS2/c15-18-13(19)9-5-6-10(16-7-9)8-20-14-17-11-3-1-2-4-12(11)21-14/h1-7H,8,15H2,(H,18,19). The van der Waals surface area contributed by atoms with Crippen LogP contribution in [0.4, 0.5) is 0 Å². The summed E-state index contributed by atoms with van der Waals surface area (Å²) in [5.41, 5.74) is 4.45. The Hall–Kier alpha value is -1.96. The number of nitrogens with one attached hydrogen (secondary N) is 1. The van der Waals surface area contributed by atoms with Crippen molar-refractivity contribution < 1.29 is 4.79 Å². The zero-order valence-corrected chi connectivity index (χ0v) is 12.6. The number of aromatic nitrogens is 2. The number of nitrogens with zero attached hydrogens (tertiary/aromatic N) is 2. The Labute approximate surface area is 129 Å². The van der Waals surface area contributed by atoms with E-state index in [1.165, 1.54) is 10.9 Å². The van der Waals surface area contributed by atoms with Crippen LogP contribution in [0.3, 0.4) is 0 Å². The van der Waals surface area contributed by atoms with Crippen molar-refractivity contribution in [1.29, 1.82) is 0 Å². The van der Waals surface area contributed by atoms with Gasteiger partial charge in [0.05, 0.1) is 21.5 Å². The van der Waals surface area contributed by atoms with Crippen molar-refractivity contribution in [1.82, 2.24) is 15.4 Å². The van der Waals surface area contributed by atoms with E-state index in [1.807, 2.05) is 24.3 Å². The Morgan fingerprint density at radius 3 is 2.86 bits per heavy atom. The minimum atomic E-state index is -0.340. The van der Waals surface area contributed by atoms with Crippen LogP contribution in [-0.4, -0.2) is 15.9 Å². The van der Waals surface area contributed by atoms with Gasteiger partial charge in [0.1, 0.15) is 0 Å². The van der Waals surface area contributed by atoms with Gasteiger partial charge in [0, 0.05) is 11.9 Å². The third-order valence-corrected chi connectivity index (χ3v) is 5.05. The number of fused-ring (bicyclic) bond motifs is 1. The van der Waals surface area contributed by atoms with Crippen LogP contribution in [-0.2, 0) is 5.75 Å². The van der Waals surface area contributed by atoms with Crippen LogP contribution in [0.1, 0.15) is 16.1 Å². The number of carbonyl (C=O) groups excluding carboxylic acids is 1. The van der Waals surface area contributed by atoms with Crippen LogP contribution < -0.4 is 11.3 Å². The lowest BCUT2D eigenvalue weighted by atomic mass is 10.2. The molecule has 0 aliphatic rings. The van der Waals surface area contributed by atoms with Gasteiger partial charge in [0.2, 0.25) is 0 Å². The normalized spacial score (nSPS) is 10.7. The lowest BCUT2D eigenvalue weighted by molar-refractivity contribution is 0.0953. The Bertz CT molecular complexity index is 737. The quantitative estimate of drug-likeness (QED) is 0.335. The van der Waals surface area contributed by atoms with Crippen molar-refractivity contribution >= 4 is 39.2 Å². The van der Waals surface area contributed by atoms with Crippen molar-refractivity contribution in [2.24, 2.45) is 5.84 Å². The molecule has 0 aliphatic carbocycles. The summed E-state index contributed by atoms with van der Waals surface area (Å²) in [7, 11) is 0. The monoisotopic (exact) mass is 316 g/mol. The van der Waals surface area contributed by atoms with Crippen LogP contribution in [0.25, 0.3) is 10.2 Å². The number of amides is 1. The molecule has 2 aromatic heterocycles. The predicted octanol–water partition coefficient (Wildman–Crippen LogP) is 2.59. The van der Waals surface area contributed by atoms with Crippen LogP contribution in [0.15, 0.2) is 46.9 Å². The first-order valence-electron chi connectivity index (χ1n) is 6.20. The van der Waals surface area contributed by atoms with Crippen LogP contribution in [0.5, 0.6) is 0 Å². The molecule has 3 aromatic rings. The molecule has 0 fully saturated rings. The summed E-state index contributed by atoms with van der Waals surface area (Å²) < 4.78 is 2.20. The fraction of sp³-hybridized carbons (Fsp3) is 0.0714. The third kappa shape index (κ3) is 3.21. The smallest absolute Gasteiger partial charge is 0.266 e. The van der Waals surface area contributed by atoms with Crippen molar-refractivity contribution in [2.75, 3.05) is 0 Å². The van der Waals surface area contributed by atoms with E-state index in [9.17, 15) is 4.79 Å². The fourth-order valence-electron chi connectivity index (χ4n) is 1.78. The largest absolute Gasteiger partial charge is 0.290 e. The Balaban J connectivity index is 1.68. The van der Waals surface area contributed by atoms with Crippen molar-refractivity contribution in [3.05, 3.63) is 53.9 Å². The van der Waals surface area contributed by atoms with Crippen molar-refractivity contribution in [3.8, 4) is 0 Å². The Morgan fingerprint density at radius 2 is 2.14 bits per heavy atom.